The van der Waals surface area contributed by atoms with Crippen molar-refractivity contribution in [2.24, 2.45) is 0 Å². The maximum Gasteiger partial charge on any atom is 0.257 e. The Morgan fingerprint density at radius 3 is 2.77 bits per heavy atom. The Bertz CT molecular complexity index is 1410. The molecule has 0 saturated carbocycles. The summed E-state index contributed by atoms with van der Waals surface area (Å²) in [7, 11) is 0. The lowest BCUT2D eigenvalue weighted by Crippen LogP contribution is -2.43. The van der Waals surface area contributed by atoms with Crippen LogP contribution in [0.15, 0.2) is 57.9 Å². The number of nitrogens with one attached hydrogen (secondary N) is 3. The van der Waals surface area contributed by atoms with Gasteiger partial charge in [-0.3, -0.25) is 14.4 Å². The summed E-state index contributed by atoms with van der Waals surface area (Å²) in [5, 5.41) is 4.13. The predicted molar refractivity (Wildman–Crippen MR) is 122 cm³/mol. The number of halogens is 1. The van der Waals surface area contributed by atoms with E-state index in [2.05, 4.69) is 31.2 Å². The van der Waals surface area contributed by atoms with E-state index in [1.807, 2.05) is 24.3 Å². The van der Waals surface area contributed by atoms with Gasteiger partial charge in [0.05, 0.1) is 12.1 Å². The van der Waals surface area contributed by atoms with Crippen LogP contribution >= 0.6 is 15.9 Å². The van der Waals surface area contributed by atoms with Crippen LogP contribution in [0.25, 0.3) is 21.8 Å². The minimum absolute atomic E-state index is 0.00564. The quantitative estimate of drug-likeness (QED) is 0.421. The van der Waals surface area contributed by atoms with E-state index in [1.165, 1.54) is 6.20 Å². The normalized spacial score (nSPS) is 13.4. The summed E-state index contributed by atoms with van der Waals surface area (Å²) in [6.45, 7) is 0.895. The Morgan fingerprint density at radius 2 is 1.90 bits per heavy atom. The minimum atomic E-state index is -0.561. The van der Waals surface area contributed by atoms with E-state index in [0.29, 0.717) is 24.0 Å². The maximum absolute atomic E-state index is 12.8. The number of aromatic nitrogens is 2. The monoisotopic (exact) mass is 478 g/mol. The summed E-state index contributed by atoms with van der Waals surface area (Å²) in [5.74, 6) is -0.741. The minimum Gasteiger partial charge on any atom is -0.360 e. The molecule has 2 aromatic heterocycles. The molecule has 2 amide bonds. The van der Waals surface area contributed by atoms with Gasteiger partial charge in [0.1, 0.15) is 5.56 Å². The fourth-order valence-corrected chi connectivity index (χ4v) is 4.58. The van der Waals surface area contributed by atoms with Crippen molar-refractivity contribution in [2.75, 3.05) is 13.1 Å². The van der Waals surface area contributed by atoms with Crippen LogP contribution in [-0.4, -0.2) is 39.8 Å². The molecule has 31 heavy (non-hydrogen) atoms. The van der Waals surface area contributed by atoms with Crippen LogP contribution in [0, 0.1) is 0 Å². The lowest BCUT2D eigenvalue weighted by molar-refractivity contribution is -0.131. The Balaban J connectivity index is 1.30. The van der Waals surface area contributed by atoms with Gasteiger partial charge in [-0.1, -0.05) is 24.3 Å². The van der Waals surface area contributed by atoms with E-state index in [9.17, 15) is 14.4 Å². The number of para-hydroxylation sites is 2. The first-order valence-corrected chi connectivity index (χ1v) is 10.8. The molecule has 3 heterocycles. The molecule has 2 aromatic carbocycles. The van der Waals surface area contributed by atoms with Gasteiger partial charge in [0.25, 0.3) is 5.91 Å². The van der Waals surface area contributed by atoms with E-state index in [1.54, 1.807) is 23.1 Å². The second-order valence-corrected chi connectivity index (χ2v) is 8.42. The number of hydrogen-bond acceptors (Lipinski definition) is 3. The number of amides is 2. The summed E-state index contributed by atoms with van der Waals surface area (Å²) in [4.78, 5) is 46.1. The molecular formula is C23H19BrN4O3. The molecule has 0 bridgehead atoms. The van der Waals surface area contributed by atoms with Gasteiger partial charge in [-0.2, -0.15) is 0 Å². The number of nitrogens with zero attached hydrogens (tertiary/aromatic N) is 1. The zero-order chi connectivity index (χ0) is 21.5. The molecule has 156 valence electrons. The van der Waals surface area contributed by atoms with E-state index >= 15 is 0 Å². The van der Waals surface area contributed by atoms with Crippen LogP contribution in [0.2, 0.25) is 0 Å². The standard InChI is InChI=1S/C23H19BrN4O3/c24-17-6-3-5-13-16-12-28(9-8-19(16)27-21(13)17)20(29)11-26-23(31)15-10-25-18-7-2-1-4-14(18)22(15)30/h1-7,10,27H,8-9,11-12H2,(H,25,30)(H,26,31). The summed E-state index contributed by atoms with van der Waals surface area (Å²) < 4.78 is 0.991. The number of benzene rings is 2. The lowest BCUT2D eigenvalue weighted by atomic mass is 10.0. The van der Waals surface area contributed by atoms with Crippen molar-refractivity contribution >= 4 is 49.6 Å². The summed E-state index contributed by atoms with van der Waals surface area (Å²) in [6, 6.07) is 13.0. The van der Waals surface area contributed by atoms with Crippen molar-refractivity contribution in [3.63, 3.8) is 0 Å². The zero-order valence-corrected chi connectivity index (χ0v) is 18.1. The van der Waals surface area contributed by atoms with Crippen molar-refractivity contribution in [3.8, 4) is 0 Å². The van der Waals surface area contributed by atoms with Gasteiger partial charge in [-0.05, 0) is 34.1 Å². The van der Waals surface area contributed by atoms with E-state index < -0.39 is 5.91 Å². The van der Waals surface area contributed by atoms with Crippen molar-refractivity contribution in [3.05, 3.63) is 80.2 Å². The van der Waals surface area contributed by atoms with Gasteiger partial charge in [-0.25, -0.2) is 0 Å². The number of fused-ring (bicyclic) bond motifs is 4. The molecule has 0 radical (unpaired) electrons. The van der Waals surface area contributed by atoms with E-state index in [4.69, 9.17) is 0 Å². The molecule has 7 nitrogen and oxygen atoms in total. The highest BCUT2D eigenvalue weighted by Gasteiger charge is 2.25. The van der Waals surface area contributed by atoms with Gasteiger partial charge < -0.3 is 20.2 Å². The topological polar surface area (TPSA) is 98.1 Å². The smallest absolute Gasteiger partial charge is 0.257 e. The van der Waals surface area contributed by atoms with Gasteiger partial charge in [0, 0.05) is 57.7 Å². The lowest BCUT2D eigenvalue weighted by Gasteiger charge is -2.27. The SMILES string of the molecule is O=C(NCC(=O)N1CCc2[nH]c3c(Br)cccc3c2C1)c1c[nH]c2ccccc2c1=O. The van der Waals surface area contributed by atoms with Crippen molar-refractivity contribution in [1.29, 1.82) is 0 Å². The number of carbonyl (C=O) groups is 2. The third-order valence-corrected chi connectivity index (χ3v) is 6.41. The molecule has 4 aromatic rings. The molecule has 0 aliphatic carbocycles. The number of aromatic amines is 2. The molecule has 0 saturated heterocycles. The highest BCUT2D eigenvalue weighted by atomic mass is 79.9. The zero-order valence-electron chi connectivity index (χ0n) is 16.5. The largest absolute Gasteiger partial charge is 0.360 e. The van der Waals surface area contributed by atoms with Crippen LogP contribution in [-0.2, 0) is 17.8 Å². The molecule has 1 aliphatic heterocycles. The number of hydrogen-bond donors (Lipinski definition) is 3. The highest BCUT2D eigenvalue weighted by Crippen LogP contribution is 2.31. The Labute approximate surface area is 185 Å². The third kappa shape index (κ3) is 3.42. The maximum atomic E-state index is 12.8. The van der Waals surface area contributed by atoms with Crippen molar-refractivity contribution in [1.82, 2.24) is 20.2 Å². The Kier molecular flexibility index (Phi) is 4.86. The molecule has 0 unspecified atom stereocenters. The fourth-order valence-electron chi connectivity index (χ4n) is 4.11. The van der Waals surface area contributed by atoms with Crippen LogP contribution < -0.4 is 10.7 Å². The highest BCUT2D eigenvalue weighted by molar-refractivity contribution is 9.10. The third-order valence-electron chi connectivity index (χ3n) is 5.75. The molecule has 0 fully saturated rings. The number of rotatable bonds is 3. The van der Waals surface area contributed by atoms with Crippen LogP contribution in [0.3, 0.4) is 0 Å². The van der Waals surface area contributed by atoms with Gasteiger partial charge >= 0.3 is 0 Å². The van der Waals surface area contributed by atoms with Crippen LogP contribution in [0.4, 0.5) is 0 Å². The van der Waals surface area contributed by atoms with Crippen LogP contribution in [0.5, 0.6) is 0 Å². The van der Waals surface area contributed by atoms with Crippen molar-refractivity contribution < 1.29 is 9.59 Å². The van der Waals surface area contributed by atoms with Gasteiger partial charge in [-0.15, -0.1) is 0 Å². The molecule has 3 N–H and O–H groups in total. The first kappa shape index (κ1) is 19.6. The molecule has 1 aliphatic rings. The first-order chi connectivity index (χ1) is 15.0. The fraction of sp³-hybridized carbons (Fsp3) is 0.174. The van der Waals surface area contributed by atoms with Gasteiger partial charge in [0.15, 0.2) is 0 Å². The molecule has 0 atom stereocenters. The average Bonchev–Trinajstić information content (AvgIpc) is 3.17. The van der Waals surface area contributed by atoms with E-state index in [0.717, 1.165) is 33.1 Å². The Morgan fingerprint density at radius 1 is 1.10 bits per heavy atom. The summed E-state index contributed by atoms with van der Waals surface area (Å²) >= 11 is 3.56. The molecule has 0 spiro atoms. The predicted octanol–water partition coefficient (Wildman–Crippen LogP) is 3.09. The van der Waals surface area contributed by atoms with Gasteiger partial charge in [0.2, 0.25) is 11.3 Å². The molecular weight excluding hydrogens is 460 g/mol. The first-order valence-electron chi connectivity index (χ1n) is 9.97. The second kappa shape index (κ2) is 7.70. The Hall–Kier alpha value is -3.39. The number of carbonyl (C=O) groups excluding carboxylic acids is 2. The summed E-state index contributed by atoms with van der Waals surface area (Å²) in [6.07, 6.45) is 2.11. The van der Waals surface area contributed by atoms with Crippen LogP contribution in [0.1, 0.15) is 21.6 Å². The molecule has 5 rings (SSSR count). The second-order valence-electron chi connectivity index (χ2n) is 7.57. The average molecular weight is 479 g/mol. The van der Waals surface area contributed by atoms with Crippen molar-refractivity contribution in [2.45, 2.75) is 13.0 Å². The molecule has 8 heteroatoms. The summed E-state index contributed by atoms with van der Waals surface area (Å²) in [5.41, 5.74) is 3.58. The number of H-pyrrole nitrogens is 2. The number of pyridine rings is 1. The van der Waals surface area contributed by atoms with E-state index in [-0.39, 0.29) is 23.4 Å².